The van der Waals surface area contributed by atoms with Gasteiger partial charge in [-0.05, 0) is 12.8 Å². The molecule has 0 N–H and O–H groups in total. The van der Waals surface area contributed by atoms with Crippen molar-refractivity contribution in [1.82, 2.24) is 4.57 Å². The fraction of sp³-hybridized carbons (Fsp3) is 1.00. The smallest absolute Gasteiger partial charge is 0.0926 e. The summed E-state index contributed by atoms with van der Waals surface area (Å²) < 4.78 is 2.74. The highest BCUT2D eigenvalue weighted by Crippen LogP contribution is 2.20. The summed E-state index contributed by atoms with van der Waals surface area (Å²) in [6.07, 6.45) is 4.32. The molecule has 0 saturated carbocycles. The van der Waals surface area contributed by atoms with Gasteiger partial charge in [-0.1, -0.05) is 26.8 Å². The Bertz CT molecular complexity index is 95.4. The summed E-state index contributed by atoms with van der Waals surface area (Å²) in [6.45, 7) is 7.16. The molecule has 0 aromatic rings. The first-order chi connectivity index (χ1) is 4.75. The minimum absolute atomic E-state index is 0.107. The van der Waals surface area contributed by atoms with E-state index >= 15 is 0 Å². The van der Waals surface area contributed by atoms with Crippen LogP contribution in [0, 0.1) is 0 Å². The van der Waals surface area contributed by atoms with Gasteiger partial charge in [0.15, 0.2) is 0 Å². The van der Waals surface area contributed by atoms with Gasteiger partial charge in [0.05, 0.1) is 9.68 Å². The van der Waals surface area contributed by atoms with Crippen LogP contribution < -0.4 is 0 Å². The van der Waals surface area contributed by atoms with Crippen LogP contribution in [0.4, 0.5) is 0 Å². The molecule has 0 aromatic carbocycles. The van der Waals surface area contributed by atoms with Crippen molar-refractivity contribution in [2.24, 2.45) is 0 Å². The highest BCUT2D eigenvalue weighted by atomic mass is 28.2. The minimum atomic E-state index is 0.107. The molecule has 60 valence electrons. The number of rotatable bonds is 1. The lowest BCUT2D eigenvalue weighted by Crippen LogP contribution is -2.44. The lowest BCUT2D eigenvalue weighted by atomic mass is 10.0. The van der Waals surface area contributed by atoms with E-state index in [4.69, 9.17) is 0 Å². The van der Waals surface area contributed by atoms with Gasteiger partial charge in [0.2, 0.25) is 0 Å². The average molecular weight is 157 g/mol. The van der Waals surface area contributed by atoms with Gasteiger partial charge in [0.25, 0.3) is 0 Å². The molecule has 0 spiro atoms. The van der Waals surface area contributed by atoms with Crippen LogP contribution >= 0.6 is 0 Å². The number of hydrogen-bond acceptors (Lipinski definition) is 1. The zero-order valence-electron chi connectivity index (χ0n) is 7.43. The van der Waals surface area contributed by atoms with E-state index < -0.39 is 0 Å². The Labute approximate surface area is 66.7 Å². The summed E-state index contributed by atoms with van der Waals surface area (Å²) in [5.41, 5.74) is 0. The van der Waals surface area contributed by atoms with Gasteiger partial charge in [-0.15, -0.1) is 0 Å². The Hall–Kier alpha value is 0.177. The SMILES string of the molecule is C[SiH2]N1[C@H](C)CCC[C@@H]1C. The van der Waals surface area contributed by atoms with Crippen LogP contribution in [0.1, 0.15) is 33.1 Å². The quantitative estimate of drug-likeness (QED) is 0.520. The molecule has 2 heteroatoms. The van der Waals surface area contributed by atoms with Gasteiger partial charge in [0.1, 0.15) is 0 Å². The molecule has 1 nitrogen and oxygen atoms in total. The predicted molar refractivity (Wildman–Crippen MR) is 49.0 cm³/mol. The summed E-state index contributed by atoms with van der Waals surface area (Å²) in [4.78, 5) is 0. The van der Waals surface area contributed by atoms with E-state index in [9.17, 15) is 0 Å². The molecular formula is C8H19NSi. The molecule has 1 heterocycles. The van der Waals surface area contributed by atoms with E-state index in [1.165, 1.54) is 19.3 Å². The molecule has 0 amide bonds. The van der Waals surface area contributed by atoms with Crippen LogP contribution in [0.15, 0.2) is 0 Å². The maximum absolute atomic E-state index is 2.74. The molecule has 0 radical (unpaired) electrons. The second kappa shape index (κ2) is 3.53. The second-order valence-corrected chi connectivity index (χ2v) is 4.82. The molecule has 10 heavy (non-hydrogen) atoms. The van der Waals surface area contributed by atoms with Crippen molar-refractivity contribution in [3.8, 4) is 0 Å². The van der Waals surface area contributed by atoms with Crippen molar-refractivity contribution in [1.29, 1.82) is 0 Å². The third kappa shape index (κ3) is 1.61. The summed E-state index contributed by atoms with van der Waals surface area (Å²) >= 11 is 0. The lowest BCUT2D eigenvalue weighted by Gasteiger charge is -2.38. The molecule has 1 aliphatic rings. The fourth-order valence-corrected chi connectivity index (χ4v) is 3.71. The first-order valence-electron chi connectivity index (χ1n) is 4.51. The van der Waals surface area contributed by atoms with Gasteiger partial charge >= 0.3 is 0 Å². The van der Waals surface area contributed by atoms with Gasteiger partial charge in [0, 0.05) is 12.1 Å². The number of nitrogens with zero attached hydrogens (tertiary/aromatic N) is 1. The Balaban J connectivity index is 2.45. The molecule has 0 unspecified atom stereocenters. The van der Waals surface area contributed by atoms with Crippen molar-refractivity contribution in [2.45, 2.75) is 51.7 Å². The van der Waals surface area contributed by atoms with Crippen LogP contribution in [-0.2, 0) is 0 Å². The van der Waals surface area contributed by atoms with Crippen molar-refractivity contribution in [3.05, 3.63) is 0 Å². The van der Waals surface area contributed by atoms with Crippen LogP contribution in [0.3, 0.4) is 0 Å². The van der Waals surface area contributed by atoms with E-state index in [1.54, 1.807) is 0 Å². The first-order valence-corrected chi connectivity index (χ1v) is 6.56. The Morgan fingerprint density at radius 2 is 1.70 bits per heavy atom. The first kappa shape index (κ1) is 8.28. The number of piperidine rings is 1. The fourth-order valence-electron chi connectivity index (χ4n) is 2.10. The number of hydrogen-bond donors (Lipinski definition) is 0. The molecule has 0 aliphatic carbocycles. The minimum Gasteiger partial charge on any atom is -0.325 e. The monoisotopic (exact) mass is 157 g/mol. The standard InChI is InChI=1S/C8H19NSi/c1-7-5-4-6-8(2)9(7)10-3/h7-8H,4-6,10H2,1-3H3/t7-,8+. The zero-order valence-corrected chi connectivity index (χ0v) is 8.84. The molecule has 1 saturated heterocycles. The lowest BCUT2D eigenvalue weighted by molar-refractivity contribution is 0.207. The molecule has 1 fully saturated rings. The van der Waals surface area contributed by atoms with E-state index in [0.717, 1.165) is 12.1 Å². The summed E-state index contributed by atoms with van der Waals surface area (Å²) in [5, 5.41) is 0. The maximum Gasteiger partial charge on any atom is 0.0926 e. The highest BCUT2D eigenvalue weighted by Gasteiger charge is 2.21. The molecule has 0 bridgehead atoms. The van der Waals surface area contributed by atoms with Gasteiger partial charge in [-0.25, -0.2) is 0 Å². The van der Waals surface area contributed by atoms with Gasteiger partial charge < -0.3 is 4.57 Å². The second-order valence-electron chi connectivity index (χ2n) is 3.46. The summed E-state index contributed by atoms with van der Waals surface area (Å²) in [7, 11) is 0.107. The van der Waals surface area contributed by atoms with Crippen LogP contribution in [-0.4, -0.2) is 26.3 Å². The predicted octanol–water partition coefficient (Wildman–Crippen LogP) is 1.38. The van der Waals surface area contributed by atoms with Crippen LogP contribution in [0.5, 0.6) is 0 Å². The molecule has 0 aromatic heterocycles. The van der Waals surface area contributed by atoms with E-state index in [0.29, 0.717) is 0 Å². The van der Waals surface area contributed by atoms with Crippen molar-refractivity contribution in [3.63, 3.8) is 0 Å². The largest absolute Gasteiger partial charge is 0.325 e. The third-order valence-corrected chi connectivity index (χ3v) is 4.72. The normalized spacial score (nSPS) is 37.5. The van der Waals surface area contributed by atoms with Gasteiger partial charge in [-0.2, -0.15) is 0 Å². The van der Waals surface area contributed by atoms with E-state index in [1.807, 2.05) is 0 Å². The molecule has 2 atom stereocenters. The summed E-state index contributed by atoms with van der Waals surface area (Å²) in [5.74, 6) is 0. The zero-order chi connectivity index (χ0) is 7.56. The molecular weight excluding hydrogens is 138 g/mol. The molecule has 1 aliphatic heterocycles. The average Bonchev–Trinajstić information content (AvgIpc) is 1.88. The highest BCUT2D eigenvalue weighted by molar-refractivity contribution is 6.30. The van der Waals surface area contributed by atoms with Crippen molar-refractivity contribution < 1.29 is 0 Å². The summed E-state index contributed by atoms with van der Waals surface area (Å²) in [6, 6.07) is 1.78. The topological polar surface area (TPSA) is 3.24 Å². The molecule has 1 rings (SSSR count). The Morgan fingerprint density at radius 3 is 2.00 bits per heavy atom. The Morgan fingerprint density at radius 1 is 1.20 bits per heavy atom. The third-order valence-electron chi connectivity index (χ3n) is 2.74. The van der Waals surface area contributed by atoms with E-state index in [-0.39, 0.29) is 9.68 Å². The van der Waals surface area contributed by atoms with Crippen LogP contribution in [0.25, 0.3) is 0 Å². The van der Waals surface area contributed by atoms with E-state index in [2.05, 4.69) is 25.0 Å². The van der Waals surface area contributed by atoms with Gasteiger partial charge in [-0.3, -0.25) is 0 Å². The van der Waals surface area contributed by atoms with Crippen molar-refractivity contribution >= 4 is 9.68 Å². The van der Waals surface area contributed by atoms with Crippen molar-refractivity contribution in [2.75, 3.05) is 0 Å². The van der Waals surface area contributed by atoms with Crippen LogP contribution in [0.2, 0.25) is 6.55 Å². The maximum atomic E-state index is 2.74. The Kier molecular flexibility index (Phi) is 2.92.